The summed E-state index contributed by atoms with van der Waals surface area (Å²) in [6, 6.07) is 6.36. The molecule has 0 radical (unpaired) electrons. The number of benzene rings is 1. The molecular formula is C16H12N4O7S. The van der Waals surface area contributed by atoms with Gasteiger partial charge in [0, 0.05) is 30.3 Å². The van der Waals surface area contributed by atoms with Crippen molar-refractivity contribution < 1.29 is 27.4 Å². The van der Waals surface area contributed by atoms with Gasteiger partial charge in [-0.05, 0) is 24.3 Å². The highest BCUT2D eigenvalue weighted by atomic mass is 32.2. The van der Waals surface area contributed by atoms with Gasteiger partial charge in [0.05, 0.1) is 10.5 Å². The van der Waals surface area contributed by atoms with Crippen LogP contribution in [0.5, 0.6) is 0 Å². The van der Waals surface area contributed by atoms with Crippen molar-refractivity contribution in [1.82, 2.24) is 15.1 Å². The van der Waals surface area contributed by atoms with Crippen molar-refractivity contribution in [2.24, 2.45) is 0 Å². The number of rotatable bonds is 6. The Kier molecular flexibility index (Phi) is 5.13. The second-order valence-corrected chi connectivity index (χ2v) is 7.53. The second-order valence-electron chi connectivity index (χ2n) is 5.54. The van der Waals surface area contributed by atoms with Crippen molar-refractivity contribution in [2.75, 3.05) is 6.26 Å². The van der Waals surface area contributed by atoms with Crippen LogP contribution in [0.15, 0.2) is 52.1 Å². The number of esters is 1. The minimum atomic E-state index is -3.83. The van der Waals surface area contributed by atoms with Crippen molar-refractivity contribution in [3.05, 3.63) is 64.3 Å². The van der Waals surface area contributed by atoms with E-state index >= 15 is 0 Å². The number of carbonyl (C=O) groups excluding carboxylic acids is 1. The van der Waals surface area contributed by atoms with Gasteiger partial charge in [-0.15, -0.1) is 0 Å². The fraction of sp³-hybridized carbons (Fsp3) is 0.125. The van der Waals surface area contributed by atoms with Crippen LogP contribution in [0.3, 0.4) is 0 Å². The number of nitro groups is 1. The van der Waals surface area contributed by atoms with Crippen LogP contribution in [0.1, 0.15) is 16.2 Å². The number of hydrogen-bond donors (Lipinski definition) is 0. The molecule has 0 atom stereocenters. The monoisotopic (exact) mass is 404 g/mol. The maximum absolute atomic E-state index is 12.1. The fourth-order valence-corrected chi connectivity index (χ4v) is 3.07. The molecular weight excluding hydrogens is 392 g/mol. The third kappa shape index (κ3) is 4.17. The van der Waals surface area contributed by atoms with E-state index in [9.17, 15) is 23.3 Å². The summed E-state index contributed by atoms with van der Waals surface area (Å²) in [6.45, 7) is -0.367. The first-order chi connectivity index (χ1) is 13.3. The maximum atomic E-state index is 12.1. The minimum absolute atomic E-state index is 0.00876. The van der Waals surface area contributed by atoms with Crippen molar-refractivity contribution >= 4 is 21.5 Å². The van der Waals surface area contributed by atoms with Gasteiger partial charge in [0.1, 0.15) is 4.90 Å². The molecule has 1 aromatic carbocycles. The van der Waals surface area contributed by atoms with E-state index in [2.05, 4.69) is 15.1 Å². The van der Waals surface area contributed by atoms with E-state index in [1.165, 1.54) is 6.20 Å². The number of nitro benzene ring substituents is 1. The highest BCUT2D eigenvalue weighted by Crippen LogP contribution is 2.25. The Bertz CT molecular complexity index is 1140. The summed E-state index contributed by atoms with van der Waals surface area (Å²) in [6.07, 6.45) is 3.95. The van der Waals surface area contributed by atoms with Gasteiger partial charge in [0.25, 0.3) is 11.6 Å². The summed E-state index contributed by atoms with van der Waals surface area (Å²) in [4.78, 5) is 29.9. The molecule has 11 nitrogen and oxygen atoms in total. The molecule has 144 valence electrons. The molecule has 3 aromatic rings. The van der Waals surface area contributed by atoms with Gasteiger partial charge < -0.3 is 9.26 Å². The SMILES string of the molecule is CS(=O)(=O)c1ccc(C(=O)OCc2nc(-c3cccnc3)no2)cc1[N+](=O)[O-]. The number of aromatic nitrogens is 3. The van der Waals surface area contributed by atoms with Crippen LogP contribution in [-0.4, -0.2) is 40.7 Å². The molecule has 0 fully saturated rings. The average Bonchev–Trinajstić information content (AvgIpc) is 3.14. The summed E-state index contributed by atoms with van der Waals surface area (Å²) in [5.74, 6) is -0.647. The van der Waals surface area contributed by atoms with E-state index in [4.69, 9.17) is 9.26 Å². The van der Waals surface area contributed by atoms with Gasteiger partial charge in [-0.2, -0.15) is 4.98 Å². The molecule has 0 saturated heterocycles. The largest absolute Gasteiger partial charge is 0.452 e. The first-order valence-electron chi connectivity index (χ1n) is 7.64. The third-order valence-electron chi connectivity index (χ3n) is 3.51. The van der Waals surface area contributed by atoms with Crippen molar-refractivity contribution in [3.63, 3.8) is 0 Å². The van der Waals surface area contributed by atoms with Crippen LogP contribution < -0.4 is 0 Å². The third-order valence-corrected chi connectivity index (χ3v) is 4.65. The van der Waals surface area contributed by atoms with Gasteiger partial charge in [-0.3, -0.25) is 15.1 Å². The summed E-state index contributed by atoms with van der Waals surface area (Å²) >= 11 is 0. The smallest absolute Gasteiger partial charge is 0.338 e. The Labute approximate surface area is 158 Å². The lowest BCUT2D eigenvalue weighted by Crippen LogP contribution is -2.08. The number of pyridine rings is 1. The molecule has 0 saturated carbocycles. The predicted molar refractivity (Wildman–Crippen MR) is 92.9 cm³/mol. The first-order valence-corrected chi connectivity index (χ1v) is 9.53. The van der Waals surface area contributed by atoms with Crippen LogP contribution in [-0.2, 0) is 21.2 Å². The second kappa shape index (κ2) is 7.52. The van der Waals surface area contributed by atoms with E-state index in [1.807, 2.05) is 0 Å². The average molecular weight is 404 g/mol. The molecule has 0 aliphatic carbocycles. The van der Waals surface area contributed by atoms with Gasteiger partial charge in [0.15, 0.2) is 16.4 Å². The van der Waals surface area contributed by atoms with Crippen LogP contribution in [0.2, 0.25) is 0 Å². The normalized spacial score (nSPS) is 11.2. The van der Waals surface area contributed by atoms with Crippen molar-refractivity contribution in [3.8, 4) is 11.4 Å². The molecule has 0 aliphatic heterocycles. The van der Waals surface area contributed by atoms with Crippen molar-refractivity contribution in [2.45, 2.75) is 11.5 Å². The summed E-state index contributed by atoms with van der Waals surface area (Å²) in [5, 5.41) is 14.9. The highest BCUT2D eigenvalue weighted by molar-refractivity contribution is 7.90. The minimum Gasteiger partial charge on any atom is -0.452 e. The fourth-order valence-electron chi connectivity index (χ4n) is 2.24. The van der Waals surface area contributed by atoms with Crippen molar-refractivity contribution in [1.29, 1.82) is 0 Å². The van der Waals surface area contributed by atoms with Crippen LogP contribution in [0.4, 0.5) is 5.69 Å². The summed E-state index contributed by atoms with van der Waals surface area (Å²) in [7, 11) is -3.83. The zero-order valence-electron chi connectivity index (χ0n) is 14.3. The number of nitrogens with zero attached hydrogens (tertiary/aromatic N) is 4. The van der Waals surface area contributed by atoms with Gasteiger partial charge >= 0.3 is 5.97 Å². The van der Waals surface area contributed by atoms with E-state index in [-0.39, 0.29) is 23.9 Å². The zero-order chi connectivity index (χ0) is 20.3. The zero-order valence-corrected chi connectivity index (χ0v) is 15.1. The van der Waals surface area contributed by atoms with Gasteiger partial charge in [-0.1, -0.05) is 5.16 Å². The lowest BCUT2D eigenvalue weighted by Gasteiger charge is -2.04. The molecule has 28 heavy (non-hydrogen) atoms. The standard InChI is InChI=1S/C16H12N4O7S/c1-28(24,25)13-5-4-10(7-12(13)20(22)23)16(21)26-9-14-18-15(19-27-14)11-3-2-6-17-8-11/h2-8H,9H2,1H3. The Balaban J connectivity index is 1.74. The highest BCUT2D eigenvalue weighted by Gasteiger charge is 2.24. The predicted octanol–water partition coefficient (Wildman–Crippen LogP) is 1.80. The lowest BCUT2D eigenvalue weighted by atomic mass is 10.2. The lowest BCUT2D eigenvalue weighted by molar-refractivity contribution is -0.387. The van der Waals surface area contributed by atoms with Crippen LogP contribution in [0, 0.1) is 10.1 Å². The molecule has 0 bridgehead atoms. The molecule has 0 aliphatic rings. The first kappa shape index (κ1) is 19.1. The molecule has 3 rings (SSSR count). The van der Waals surface area contributed by atoms with Gasteiger partial charge in [-0.25, -0.2) is 13.2 Å². The topological polar surface area (TPSA) is 155 Å². The molecule has 2 aromatic heterocycles. The Morgan fingerprint density at radius 2 is 2.11 bits per heavy atom. The summed E-state index contributed by atoms with van der Waals surface area (Å²) < 4.78 is 33.2. The summed E-state index contributed by atoms with van der Waals surface area (Å²) in [5.41, 5.74) is -0.296. The number of ether oxygens (including phenoxy) is 1. The van der Waals surface area contributed by atoms with Crippen LogP contribution in [0.25, 0.3) is 11.4 Å². The molecule has 0 N–H and O–H groups in total. The van der Waals surface area contributed by atoms with E-state index in [0.29, 0.717) is 5.56 Å². The molecule has 12 heteroatoms. The number of carbonyl (C=O) groups is 1. The number of sulfone groups is 1. The molecule has 0 unspecified atom stereocenters. The van der Waals surface area contributed by atoms with E-state index < -0.39 is 31.3 Å². The van der Waals surface area contributed by atoms with E-state index in [0.717, 1.165) is 24.5 Å². The Hall–Kier alpha value is -3.67. The number of hydrogen-bond acceptors (Lipinski definition) is 10. The molecule has 0 spiro atoms. The molecule has 2 heterocycles. The Morgan fingerprint density at radius 1 is 1.32 bits per heavy atom. The maximum Gasteiger partial charge on any atom is 0.338 e. The molecule has 0 amide bonds. The Morgan fingerprint density at radius 3 is 2.75 bits per heavy atom. The van der Waals surface area contributed by atoms with Gasteiger partial charge in [0.2, 0.25) is 5.82 Å². The van der Waals surface area contributed by atoms with Crippen LogP contribution >= 0.6 is 0 Å². The van der Waals surface area contributed by atoms with E-state index in [1.54, 1.807) is 18.3 Å². The quantitative estimate of drug-likeness (QED) is 0.337.